The number of thioether (sulfide) groups is 1. The van der Waals surface area contributed by atoms with E-state index in [1.165, 1.54) is 18.6 Å². The summed E-state index contributed by atoms with van der Waals surface area (Å²) in [5, 5.41) is 0.889. The Labute approximate surface area is 54.4 Å². The summed E-state index contributed by atoms with van der Waals surface area (Å²) in [4.78, 5) is 0. The second-order valence-corrected chi connectivity index (χ2v) is 3.87. The molecule has 0 saturated carbocycles. The Balaban J connectivity index is 2.20. The van der Waals surface area contributed by atoms with Crippen LogP contribution in [0, 0.1) is 5.92 Å². The van der Waals surface area contributed by atoms with Gasteiger partial charge >= 0.3 is 0 Å². The van der Waals surface area contributed by atoms with Gasteiger partial charge in [-0.1, -0.05) is 12.2 Å². The second kappa shape index (κ2) is 1.80. The minimum Gasteiger partial charge on any atom is -0.154 e. The molecular weight excluding hydrogens is 116 g/mol. The maximum absolute atomic E-state index is 2.39. The Morgan fingerprint density at radius 3 is 2.38 bits per heavy atom. The summed E-state index contributed by atoms with van der Waals surface area (Å²) in [5.74, 6) is 2.33. The summed E-state index contributed by atoms with van der Waals surface area (Å²) in [6, 6.07) is 0. The Bertz CT molecular complexity index is 95.6. The Morgan fingerprint density at radius 2 is 2.25 bits per heavy atom. The van der Waals surface area contributed by atoms with Crippen molar-refractivity contribution >= 4 is 11.8 Å². The molecule has 2 aliphatic heterocycles. The van der Waals surface area contributed by atoms with Crippen LogP contribution in [0.4, 0.5) is 0 Å². The van der Waals surface area contributed by atoms with Crippen LogP contribution >= 0.6 is 11.8 Å². The van der Waals surface area contributed by atoms with Gasteiger partial charge in [0.15, 0.2) is 0 Å². The molecule has 2 heterocycles. The van der Waals surface area contributed by atoms with Crippen molar-refractivity contribution in [1.82, 2.24) is 0 Å². The van der Waals surface area contributed by atoms with Crippen molar-refractivity contribution in [3.05, 3.63) is 12.2 Å². The third-order valence-electron chi connectivity index (χ3n) is 1.94. The normalized spacial score (nSPS) is 43.0. The molecular formula is C7H10S. The first kappa shape index (κ1) is 4.92. The summed E-state index contributed by atoms with van der Waals surface area (Å²) in [6.07, 6.45) is 7.66. The SMILES string of the molecule is C1=CC2CCC1CS2. The van der Waals surface area contributed by atoms with Gasteiger partial charge in [-0.3, -0.25) is 0 Å². The predicted octanol–water partition coefficient (Wildman–Crippen LogP) is 2.07. The number of hydrogen-bond donors (Lipinski definition) is 0. The van der Waals surface area contributed by atoms with Crippen molar-refractivity contribution in [3.63, 3.8) is 0 Å². The van der Waals surface area contributed by atoms with E-state index in [4.69, 9.17) is 0 Å². The van der Waals surface area contributed by atoms with Gasteiger partial charge < -0.3 is 0 Å². The molecule has 1 aliphatic carbocycles. The first-order valence-corrected chi connectivity index (χ1v) is 4.30. The van der Waals surface area contributed by atoms with E-state index in [1.54, 1.807) is 0 Å². The molecule has 0 aromatic carbocycles. The molecule has 0 aromatic rings. The van der Waals surface area contributed by atoms with Crippen LogP contribution in [0.25, 0.3) is 0 Å². The minimum absolute atomic E-state index is 0.889. The third-order valence-corrected chi connectivity index (χ3v) is 3.39. The highest BCUT2D eigenvalue weighted by Crippen LogP contribution is 2.35. The van der Waals surface area contributed by atoms with Gasteiger partial charge in [0.25, 0.3) is 0 Å². The van der Waals surface area contributed by atoms with Crippen LogP contribution in [0.3, 0.4) is 0 Å². The average molecular weight is 126 g/mol. The molecule has 3 rings (SSSR count). The van der Waals surface area contributed by atoms with Crippen LogP contribution in [-0.2, 0) is 0 Å². The fourth-order valence-electron chi connectivity index (χ4n) is 1.38. The van der Waals surface area contributed by atoms with Gasteiger partial charge in [-0.2, -0.15) is 11.8 Å². The Morgan fingerprint density at radius 1 is 1.25 bits per heavy atom. The van der Waals surface area contributed by atoms with Crippen molar-refractivity contribution < 1.29 is 0 Å². The molecule has 0 amide bonds. The summed E-state index contributed by atoms with van der Waals surface area (Å²) in [6.45, 7) is 0. The molecule has 0 N–H and O–H groups in total. The van der Waals surface area contributed by atoms with E-state index in [2.05, 4.69) is 23.9 Å². The standard InChI is InChI=1S/C7H10S/c1-3-7-4-2-6(1)5-8-7/h1,3,6-7H,2,4-5H2. The lowest BCUT2D eigenvalue weighted by Crippen LogP contribution is -2.19. The van der Waals surface area contributed by atoms with E-state index >= 15 is 0 Å². The molecule has 0 nitrogen and oxygen atoms in total. The highest BCUT2D eigenvalue weighted by Gasteiger charge is 2.22. The maximum atomic E-state index is 2.39. The maximum Gasteiger partial charge on any atom is 0.0227 e. The largest absolute Gasteiger partial charge is 0.154 e. The average Bonchev–Trinajstić information content (AvgIpc) is 1.92. The lowest BCUT2D eigenvalue weighted by Gasteiger charge is -2.29. The van der Waals surface area contributed by atoms with E-state index < -0.39 is 0 Å². The van der Waals surface area contributed by atoms with Crippen molar-refractivity contribution in [3.8, 4) is 0 Å². The zero-order chi connectivity index (χ0) is 5.40. The first-order valence-electron chi connectivity index (χ1n) is 3.25. The van der Waals surface area contributed by atoms with E-state index in [-0.39, 0.29) is 0 Å². The predicted molar refractivity (Wildman–Crippen MR) is 38.1 cm³/mol. The molecule has 2 bridgehead atoms. The van der Waals surface area contributed by atoms with Crippen LogP contribution in [0.5, 0.6) is 0 Å². The second-order valence-electron chi connectivity index (χ2n) is 2.59. The lowest BCUT2D eigenvalue weighted by atomic mass is 9.97. The fraction of sp³-hybridized carbons (Fsp3) is 0.714. The molecule has 44 valence electrons. The lowest BCUT2D eigenvalue weighted by molar-refractivity contribution is 0.576. The minimum atomic E-state index is 0.889. The van der Waals surface area contributed by atoms with E-state index in [0.717, 1.165) is 11.2 Å². The van der Waals surface area contributed by atoms with Crippen LogP contribution in [0.1, 0.15) is 12.8 Å². The van der Waals surface area contributed by atoms with Crippen molar-refractivity contribution in [2.45, 2.75) is 18.1 Å². The molecule has 0 aromatic heterocycles. The highest BCUT2D eigenvalue weighted by molar-refractivity contribution is 8.00. The van der Waals surface area contributed by atoms with Gasteiger partial charge in [0.2, 0.25) is 0 Å². The van der Waals surface area contributed by atoms with Crippen LogP contribution in [-0.4, -0.2) is 11.0 Å². The van der Waals surface area contributed by atoms with Gasteiger partial charge in [-0.25, -0.2) is 0 Å². The Kier molecular flexibility index (Phi) is 1.11. The molecule has 0 radical (unpaired) electrons. The van der Waals surface area contributed by atoms with Crippen LogP contribution in [0.2, 0.25) is 0 Å². The van der Waals surface area contributed by atoms with E-state index in [1.807, 2.05) is 0 Å². The molecule has 1 saturated heterocycles. The first-order chi connectivity index (χ1) is 3.95. The summed E-state index contributed by atoms with van der Waals surface area (Å²) >= 11 is 2.13. The molecule has 0 spiro atoms. The summed E-state index contributed by atoms with van der Waals surface area (Å²) < 4.78 is 0. The number of hydrogen-bond acceptors (Lipinski definition) is 1. The van der Waals surface area contributed by atoms with Crippen LogP contribution < -0.4 is 0 Å². The number of allylic oxidation sites excluding steroid dienone is 1. The smallest absolute Gasteiger partial charge is 0.0227 e. The van der Waals surface area contributed by atoms with E-state index in [9.17, 15) is 0 Å². The number of rotatable bonds is 0. The summed E-state index contributed by atoms with van der Waals surface area (Å²) in [5.41, 5.74) is 0. The van der Waals surface area contributed by atoms with Gasteiger partial charge in [0, 0.05) is 11.0 Å². The van der Waals surface area contributed by atoms with Gasteiger partial charge in [-0.05, 0) is 18.8 Å². The van der Waals surface area contributed by atoms with Crippen LogP contribution in [0.15, 0.2) is 12.2 Å². The summed E-state index contributed by atoms with van der Waals surface area (Å²) in [7, 11) is 0. The molecule has 8 heavy (non-hydrogen) atoms. The molecule has 2 unspecified atom stereocenters. The van der Waals surface area contributed by atoms with Crippen molar-refractivity contribution in [2.24, 2.45) is 5.92 Å². The van der Waals surface area contributed by atoms with Gasteiger partial charge in [0.1, 0.15) is 0 Å². The zero-order valence-electron chi connectivity index (χ0n) is 4.84. The molecule has 1 heteroatoms. The molecule has 1 fully saturated rings. The quantitative estimate of drug-likeness (QED) is 0.448. The van der Waals surface area contributed by atoms with Gasteiger partial charge in [-0.15, -0.1) is 0 Å². The third kappa shape index (κ3) is 0.693. The highest BCUT2D eigenvalue weighted by atomic mass is 32.2. The van der Waals surface area contributed by atoms with E-state index in [0.29, 0.717) is 0 Å². The monoisotopic (exact) mass is 126 g/mol. The van der Waals surface area contributed by atoms with Crippen molar-refractivity contribution in [2.75, 3.05) is 5.75 Å². The topological polar surface area (TPSA) is 0 Å². The Hall–Kier alpha value is 0.0900. The zero-order valence-corrected chi connectivity index (χ0v) is 5.66. The molecule has 2 atom stereocenters. The van der Waals surface area contributed by atoms with Gasteiger partial charge in [0.05, 0.1) is 0 Å². The fourth-order valence-corrected chi connectivity index (χ4v) is 2.65. The van der Waals surface area contributed by atoms with Crippen molar-refractivity contribution in [1.29, 1.82) is 0 Å². The number of fused-ring (bicyclic) bond motifs is 2. The molecule has 3 aliphatic rings.